The number of amides is 2. The van der Waals surface area contributed by atoms with Gasteiger partial charge in [0.25, 0.3) is 5.69 Å². The number of benzene rings is 2. The molecule has 208 valence electrons. The number of sulfonamides is 1. The summed E-state index contributed by atoms with van der Waals surface area (Å²) < 4.78 is 31.6. The third-order valence-electron chi connectivity index (χ3n) is 5.65. The molecule has 0 aliphatic heterocycles. The number of anilines is 1. The van der Waals surface area contributed by atoms with E-state index in [9.17, 15) is 28.1 Å². The molecular weight excluding hydrogens is 559 g/mol. The molecule has 2 amide bonds. The summed E-state index contributed by atoms with van der Waals surface area (Å²) in [4.78, 5) is 38.7. The summed E-state index contributed by atoms with van der Waals surface area (Å²) in [5.74, 6) is -1.18. The Labute approximate surface area is 231 Å². The lowest BCUT2D eigenvalue weighted by Gasteiger charge is -2.33. The van der Waals surface area contributed by atoms with Gasteiger partial charge in [0.15, 0.2) is 0 Å². The summed E-state index contributed by atoms with van der Waals surface area (Å²) in [5.41, 5.74) is -0.214. The smallest absolute Gasteiger partial charge is 0.271 e. The zero-order valence-electron chi connectivity index (χ0n) is 21.4. The molecule has 0 unspecified atom stereocenters. The maximum absolute atomic E-state index is 13.8. The largest absolute Gasteiger partial charge is 0.495 e. The van der Waals surface area contributed by atoms with E-state index in [1.807, 2.05) is 6.92 Å². The molecule has 1 N–H and O–H groups in total. The standard InChI is InChI=1S/C24H30Cl2N4O7S/c1-5-12-27-24(32)20(6-2)28(14-17-18(25)8-7-9-19(17)26)23(31)15-29(38(4,35)36)21-13-16(30(33)34)10-11-22(21)37-3/h7-11,13,20H,5-6,12,14-15H2,1-4H3,(H,27,32)/t20-/m1/s1. The minimum atomic E-state index is -4.15. The van der Waals surface area contributed by atoms with Crippen molar-refractivity contribution in [2.24, 2.45) is 0 Å². The van der Waals surface area contributed by atoms with Crippen molar-refractivity contribution in [3.63, 3.8) is 0 Å². The molecule has 0 fully saturated rings. The van der Waals surface area contributed by atoms with Crippen LogP contribution in [-0.4, -0.2) is 62.6 Å². The van der Waals surface area contributed by atoms with Gasteiger partial charge >= 0.3 is 0 Å². The predicted molar refractivity (Wildman–Crippen MR) is 146 cm³/mol. The number of methoxy groups -OCH3 is 1. The molecule has 0 saturated heterocycles. The average Bonchev–Trinajstić information content (AvgIpc) is 2.86. The topological polar surface area (TPSA) is 139 Å². The highest BCUT2D eigenvalue weighted by molar-refractivity contribution is 7.92. The molecule has 2 aromatic rings. The number of nitrogens with one attached hydrogen (secondary N) is 1. The SMILES string of the molecule is CCCNC(=O)[C@@H](CC)N(Cc1c(Cl)cccc1Cl)C(=O)CN(c1cc([N+](=O)[O-])ccc1OC)S(C)(=O)=O. The average molecular weight is 589 g/mol. The Morgan fingerprint density at radius 1 is 1.16 bits per heavy atom. The molecule has 0 radical (unpaired) electrons. The van der Waals surface area contributed by atoms with Crippen LogP contribution in [0, 0.1) is 10.1 Å². The third-order valence-corrected chi connectivity index (χ3v) is 7.48. The molecule has 0 bridgehead atoms. The van der Waals surface area contributed by atoms with E-state index in [1.54, 1.807) is 25.1 Å². The Morgan fingerprint density at radius 2 is 1.79 bits per heavy atom. The van der Waals surface area contributed by atoms with Crippen LogP contribution in [0.25, 0.3) is 0 Å². The molecule has 0 aliphatic rings. The number of nitro groups is 1. The Balaban J connectivity index is 2.60. The first kappa shape index (κ1) is 31.1. The summed E-state index contributed by atoms with van der Waals surface area (Å²) in [7, 11) is -2.88. The van der Waals surface area contributed by atoms with Crippen molar-refractivity contribution < 1.29 is 27.7 Å². The second-order valence-electron chi connectivity index (χ2n) is 8.32. The highest BCUT2D eigenvalue weighted by Gasteiger charge is 2.33. The molecule has 38 heavy (non-hydrogen) atoms. The Bertz CT molecular complexity index is 1270. The lowest BCUT2D eigenvalue weighted by molar-refractivity contribution is -0.384. The lowest BCUT2D eigenvalue weighted by Crippen LogP contribution is -2.52. The zero-order valence-corrected chi connectivity index (χ0v) is 23.8. The number of carbonyl (C=O) groups excluding carboxylic acids is 2. The first-order valence-corrected chi connectivity index (χ1v) is 14.3. The van der Waals surface area contributed by atoms with Gasteiger partial charge < -0.3 is 15.0 Å². The molecule has 0 aliphatic carbocycles. The molecule has 0 heterocycles. The molecule has 11 nitrogen and oxygen atoms in total. The van der Waals surface area contributed by atoms with Crippen LogP contribution >= 0.6 is 23.2 Å². The molecule has 0 spiro atoms. The van der Waals surface area contributed by atoms with Crippen molar-refractivity contribution >= 4 is 56.4 Å². The summed E-state index contributed by atoms with van der Waals surface area (Å²) >= 11 is 12.7. The van der Waals surface area contributed by atoms with Crippen molar-refractivity contribution in [2.75, 3.05) is 30.8 Å². The van der Waals surface area contributed by atoms with E-state index in [0.717, 1.165) is 18.4 Å². The van der Waals surface area contributed by atoms with Gasteiger partial charge in [0, 0.05) is 40.8 Å². The van der Waals surface area contributed by atoms with Gasteiger partial charge in [-0.3, -0.25) is 24.0 Å². The fourth-order valence-corrected chi connectivity index (χ4v) is 5.08. The number of hydrogen-bond donors (Lipinski definition) is 1. The van der Waals surface area contributed by atoms with Gasteiger partial charge in [-0.2, -0.15) is 0 Å². The van der Waals surface area contributed by atoms with Crippen LogP contribution in [0.5, 0.6) is 5.75 Å². The summed E-state index contributed by atoms with van der Waals surface area (Å²) in [5, 5.41) is 14.7. The first-order valence-electron chi connectivity index (χ1n) is 11.7. The monoisotopic (exact) mass is 588 g/mol. The van der Waals surface area contributed by atoms with E-state index < -0.39 is 45.0 Å². The van der Waals surface area contributed by atoms with E-state index >= 15 is 0 Å². The minimum absolute atomic E-state index is 0.00209. The molecule has 0 saturated carbocycles. The number of rotatable bonds is 13. The van der Waals surface area contributed by atoms with Crippen molar-refractivity contribution in [3.8, 4) is 5.75 Å². The lowest BCUT2D eigenvalue weighted by atomic mass is 10.1. The van der Waals surface area contributed by atoms with E-state index in [4.69, 9.17) is 27.9 Å². The quantitative estimate of drug-likeness (QED) is 0.275. The van der Waals surface area contributed by atoms with Gasteiger partial charge in [0.2, 0.25) is 21.8 Å². The Hall–Kier alpha value is -3.09. The molecule has 0 aromatic heterocycles. The molecular formula is C24H30Cl2N4O7S. The van der Waals surface area contributed by atoms with Gasteiger partial charge in [0.1, 0.15) is 24.0 Å². The van der Waals surface area contributed by atoms with Gasteiger partial charge in [-0.05, 0) is 31.0 Å². The molecule has 2 rings (SSSR count). The summed E-state index contributed by atoms with van der Waals surface area (Å²) in [6, 6.07) is 7.22. The van der Waals surface area contributed by atoms with Crippen LogP contribution in [0.1, 0.15) is 32.3 Å². The Kier molecular flexibility index (Phi) is 11.2. The van der Waals surface area contributed by atoms with E-state index in [0.29, 0.717) is 22.8 Å². The first-order chi connectivity index (χ1) is 17.8. The van der Waals surface area contributed by atoms with E-state index in [1.165, 1.54) is 18.1 Å². The number of nitro benzene ring substituents is 1. The van der Waals surface area contributed by atoms with Gasteiger partial charge in [-0.15, -0.1) is 0 Å². The zero-order chi connectivity index (χ0) is 28.6. The van der Waals surface area contributed by atoms with Gasteiger partial charge in [-0.1, -0.05) is 43.1 Å². The van der Waals surface area contributed by atoms with Crippen LogP contribution in [-0.2, 0) is 26.2 Å². The van der Waals surface area contributed by atoms with E-state index in [2.05, 4.69) is 5.32 Å². The molecule has 2 aromatic carbocycles. The van der Waals surface area contributed by atoms with Crippen LogP contribution in [0.3, 0.4) is 0 Å². The van der Waals surface area contributed by atoms with E-state index in [-0.39, 0.29) is 34.4 Å². The number of non-ortho nitro benzene ring substituents is 1. The van der Waals surface area contributed by atoms with Crippen molar-refractivity contribution in [2.45, 2.75) is 39.3 Å². The number of nitrogens with zero attached hydrogens (tertiary/aromatic N) is 3. The normalized spacial score (nSPS) is 11.9. The fraction of sp³-hybridized carbons (Fsp3) is 0.417. The molecule has 14 heteroatoms. The van der Waals surface area contributed by atoms with Crippen molar-refractivity contribution in [3.05, 3.63) is 62.1 Å². The number of hydrogen-bond acceptors (Lipinski definition) is 7. The second-order valence-corrected chi connectivity index (χ2v) is 11.0. The van der Waals surface area contributed by atoms with Crippen LogP contribution in [0.15, 0.2) is 36.4 Å². The summed E-state index contributed by atoms with van der Waals surface area (Å²) in [6.45, 7) is 3.02. The third kappa shape index (κ3) is 7.71. The molecule has 1 atom stereocenters. The number of carbonyl (C=O) groups is 2. The number of ether oxygens (including phenoxy) is 1. The highest BCUT2D eigenvalue weighted by atomic mass is 35.5. The second kappa shape index (κ2) is 13.6. The van der Waals surface area contributed by atoms with Crippen LogP contribution in [0.2, 0.25) is 10.0 Å². The van der Waals surface area contributed by atoms with Crippen LogP contribution < -0.4 is 14.4 Å². The number of halogens is 2. The highest BCUT2D eigenvalue weighted by Crippen LogP contribution is 2.34. The van der Waals surface area contributed by atoms with Crippen molar-refractivity contribution in [1.29, 1.82) is 0 Å². The predicted octanol–water partition coefficient (Wildman–Crippen LogP) is 4.01. The van der Waals surface area contributed by atoms with Crippen molar-refractivity contribution in [1.82, 2.24) is 10.2 Å². The van der Waals surface area contributed by atoms with Gasteiger partial charge in [-0.25, -0.2) is 8.42 Å². The Morgan fingerprint density at radius 3 is 2.29 bits per heavy atom. The maximum Gasteiger partial charge on any atom is 0.271 e. The maximum atomic E-state index is 13.8. The van der Waals surface area contributed by atoms with Gasteiger partial charge in [0.05, 0.1) is 18.3 Å². The summed E-state index contributed by atoms with van der Waals surface area (Å²) in [6.07, 6.45) is 1.74. The fourth-order valence-electron chi connectivity index (χ4n) is 3.72. The van der Waals surface area contributed by atoms with Crippen LogP contribution in [0.4, 0.5) is 11.4 Å². The minimum Gasteiger partial charge on any atom is -0.495 e.